The number of para-hydroxylation sites is 2. The number of nitrogens with one attached hydrogen (secondary N) is 1. The van der Waals surface area contributed by atoms with Crippen molar-refractivity contribution in [3.8, 4) is 22.9 Å². The zero-order chi connectivity index (χ0) is 20.2. The van der Waals surface area contributed by atoms with Crippen LogP contribution in [0, 0.1) is 5.82 Å². The number of nitrogen functional groups attached to an aromatic ring is 1. The highest BCUT2D eigenvalue weighted by Crippen LogP contribution is 2.30. The van der Waals surface area contributed by atoms with Crippen LogP contribution in [0.3, 0.4) is 0 Å². The van der Waals surface area contributed by atoms with Crippen LogP contribution in [0.4, 0.5) is 4.39 Å². The SMILES string of the molecule is Nn1c(SCC(=O)NC[C@H]2COc3ccccc3O2)nnc1-c1cccc(F)c1. The van der Waals surface area contributed by atoms with E-state index in [-0.39, 0.29) is 17.8 Å². The minimum Gasteiger partial charge on any atom is -0.486 e. The molecule has 0 radical (unpaired) electrons. The molecule has 1 atom stereocenters. The number of ether oxygens (including phenoxy) is 2. The molecule has 10 heteroatoms. The Bertz CT molecular complexity index is 1030. The molecular formula is C19H18FN5O3S. The predicted molar refractivity (Wildman–Crippen MR) is 106 cm³/mol. The van der Waals surface area contributed by atoms with Crippen molar-refractivity contribution in [2.24, 2.45) is 0 Å². The van der Waals surface area contributed by atoms with Gasteiger partial charge in [-0.25, -0.2) is 9.07 Å². The first kappa shape index (κ1) is 19.1. The van der Waals surface area contributed by atoms with Gasteiger partial charge in [-0.15, -0.1) is 10.2 Å². The molecule has 0 spiro atoms. The average molecular weight is 415 g/mol. The maximum absolute atomic E-state index is 13.4. The van der Waals surface area contributed by atoms with Gasteiger partial charge in [-0.3, -0.25) is 4.79 Å². The van der Waals surface area contributed by atoms with Crippen molar-refractivity contribution in [3.63, 3.8) is 0 Å². The number of fused-ring (bicyclic) bond motifs is 1. The van der Waals surface area contributed by atoms with Gasteiger partial charge in [0.25, 0.3) is 0 Å². The van der Waals surface area contributed by atoms with E-state index in [9.17, 15) is 9.18 Å². The predicted octanol–water partition coefficient (Wildman–Crippen LogP) is 1.85. The van der Waals surface area contributed by atoms with Crippen molar-refractivity contribution < 1.29 is 18.7 Å². The van der Waals surface area contributed by atoms with Gasteiger partial charge in [0.15, 0.2) is 17.3 Å². The van der Waals surface area contributed by atoms with Gasteiger partial charge >= 0.3 is 0 Å². The maximum Gasteiger partial charge on any atom is 0.230 e. The number of thioether (sulfide) groups is 1. The molecule has 2 aromatic carbocycles. The molecule has 0 aliphatic carbocycles. The monoisotopic (exact) mass is 415 g/mol. The van der Waals surface area contributed by atoms with Crippen molar-refractivity contribution in [2.75, 3.05) is 24.7 Å². The van der Waals surface area contributed by atoms with E-state index >= 15 is 0 Å². The summed E-state index contributed by atoms with van der Waals surface area (Å²) in [6.45, 7) is 0.677. The van der Waals surface area contributed by atoms with Crippen molar-refractivity contribution in [1.82, 2.24) is 20.2 Å². The summed E-state index contributed by atoms with van der Waals surface area (Å²) in [5.41, 5.74) is 0.506. The van der Waals surface area contributed by atoms with Gasteiger partial charge < -0.3 is 20.6 Å². The molecule has 3 aromatic rings. The van der Waals surface area contributed by atoms with Crippen molar-refractivity contribution in [3.05, 3.63) is 54.3 Å². The molecule has 0 saturated carbocycles. The number of benzene rings is 2. The minimum atomic E-state index is -0.393. The zero-order valence-electron chi connectivity index (χ0n) is 15.2. The molecule has 1 aliphatic rings. The van der Waals surface area contributed by atoms with E-state index in [2.05, 4.69) is 15.5 Å². The number of carbonyl (C=O) groups is 1. The first-order valence-corrected chi connectivity index (χ1v) is 9.83. The molecule has 0 bridgehead atoms. The first-order chi connectivity index (χ1) is 14.1. The molecule has 2 heterocycles. The second kappa shape index (κ2) is 8.39. The minimum absolute atomic E-state index is 0.0998. The van der Waals surface area contributed by atoms with Gasteiger partial charge in [0.05, 0.1) is 12.3 Å². The van der Waals surface area contributed by atoms with Crippen LogP contribution in [-0.2, 0) is 4.79 Å². The molecule has 0 fully saturated rings. The van der Waals surface area contributed by atoms with Gasteiger partial charge in [-0.1, -0.05) is 36.0 Å². The Hall–Kier alpha value is -3.27. The van der Waals surface area contributed by atoms with E-state index in [1.54, 1.807) is 12.1 Å². The molecule has 3 N–H and O–H groups in total. The standard InChI is InChI=1S/C19H18FN5O3S/c20-13-5-3-4-12(8-13)18-23-24-19(25(18)21)29-11-17(26)22-9-14-10-27-15-6-1-2-7-16(15)28-14/h1-8,14H,9-11,21H2,(H,22,26)/t14-/m0/s1. The Labute approximate surface area is 170 Å². The lowest BCUT2D eigenvalue weighted by Gasteiger charge is -2.26. The summed E-state index contributed by atoms with van der Waals surface area (Å²) in [6.07, 6.45) is -0.267. The number of hydrogen-bond acceptors (Lipinski definition) is 7. The molecule has 150 valence electrons. The first-order valence-electron chi connectivity index (χ1n) is 8.84. The fraction of sp³-hybridized carbons (Fsp3) is 0.211. The third-order valence-electron chi connectivity index (χ3n) is 4.17. The summed E-state index contributed by atoms with van der Waals surface area (Å²) in [6, 6.07) is 13.3. The zero-order valence-corrected chi connectivity index (χ0v) is 16.1. The largest absolute Gasteiger partial charge is 0.486 e. The van der Waals surface area contributed by atoms with Crippen LogP contribution < -0.4 is 20.6 Å². The van der Waals surface area contributed by atoms with Crippen molar-refractivity contribution in [1.29, 1.82) is 0 Å². The summed E-state index contributed by atoms with van der Waals surface area (Å²) in [4.78, 5) is 12.2. The summed E-state index contributed by atoms with van der Waals surface area (Å²) in [7, 11) is 0. The molecule has 8 nitrogen and oxygen atoms in total. The maximum atomic E-state index is 13.4. The number of hydrogen-bond donors (Lipinski definition) is 2. The molecule has 1 amide bonds. The molecule has 0 unspecified atom stereocenters. The molecule has 4 rings (SSSR count). The summed E-state index contributed by atoms with van der Waals surface area (Å²) in [5.74, 6) is 7.17. The van der Waals surface area contributed by atoms with Crippen LogP contribution in [0.25, 0.3) is 11.4 Å². The van der Waals surface area contributed by atoms with Gasteiger partial charge in [0.2, 0.25) is 11.1 Å². The van der Waals surface area contributed by atoms with E-state index in [0.29, 0.717) is 41.2 Å². The van der Waals surface area contributed by atoms with Gasteiger partial charge in [0, 0.05) is 5.56 Å². The van der Waals surface area contributed by atoms with Gasteiger partial charge in [-0.2, -0.15) is 0 Å². The number of aromatic nitrogens is 3. The number of nitrogens with two attached hydrogens (primary N) is 1. The second-order valence-electron chi connectivity index (χ2n) is 6.28. The summed E-state index contributed by atoms with van der Waals surface area (Å²) < 4.78 is 26.1. The average Bonchev–Trinajstić information content (AvgIpc) is 3.11. The third kappa shape index (κ3) is 4.43. The Balaban J connectivity index is 1.28. The Kier molecular flexibility index (Phi) is 5.52. The van der Waals surface area contributed by atoms with Crippen molar-refractivity contribution >= 4 is 17.7 Å². The number of rotatable bonds is 6. The van der Waals surface area contributed by atoms with E-state index in [1.807, 2.05) is 24.3 Å². The van der Waals surface area contributed by atoms with Crippen LogP contribution >= 0.6 is 11.8 Å². The second-order valence-corrected chi connectivity index (χ2v) is 7.22. The van der Waals surface area contributed by atoms with Crippen LogP contribution in [0.2, 0.25) is 0 Å². The molecule has 29 heavy (non-hydrogen) atoms. The fourth-order valence-corrected chi connectivity index (χ4v) is 3.46. The molecule has 1 aromatic heterocycles. The molecule has 0 saturated heterocycles. The lowest BCUT2D eigenvalue weighted by atomic mass is 10.2. The normalized spacial score (nSPS) is 15.1. The van der Waals surface area contributed by atoms with E-state index in [0.717, 1.165) is 11.8 Å². The lowest BCUT2D eigenvalue weighted by molar-refractivity contribution is -0.119. The van der Waals surface area contributed by atoms with E-state index < -0.39 is 5.82 Å². The quantitative estimate of drug-likeness (QED) is 0.468. The summed E-state index contributed by atoms with van der Waals surface area (Å²) in [5, 5.41) is 11.1. The van der Waals surface area contributed by atoms with Gasteiger partial charge in [-0.05, 0) is 24.3 Å². The smallest absolute Gasteiger partial charge is 0.230 e. The summed E-state index contributed by atoms with van der Waals surface area (Å²) >= 11 is 1.14. The van der Waals surface area contributed by atoms with Crippen LogP contribution in [0.1, 0.15) is 0 Å². The van der Waals surface area contributed by atoms with Crippen LogP contribution in [0.15, 0.2) is 53.7 Å². The Morgan fingerprint density at radius 3 is 2.90 bits per heavy atom. The Morgan fingerprint density at radius 1 is 1.24 bits per heavy atom. The highest BCUT2D eigenvalue weighted by Gasteiger charge is 2.21. The van der Waals surface area contributed by atoms with Gasteiger partial charge in [0.1, 0.15) is 18.5 Å². The third-order valence-corrected chi connectivity index (χ3v) is 5.12. The fourth-order valence-electron chi connectivity index (χ4n) is 2.77. The number of carbonyl (C=O) groups excluding carboxylic acids is 1. The van der Waals surface area contributed by atoms with Crippen LogP contribution in [0.5, 0.6) is 11.5 Å². The molecular weight excluding hydrogens is 397 g/mol. The topological polar surface area (TPSA) is 104 Å². The van der Waals surface area contributed by atoms with Crippen LogP contribution in [-0.4, -0.2) is 45.8 Å². The number of halogens is 1. The molecule has 1 aliphatic heterocycles. The van der Waals surface area contributed by atoms with E-state index in [4.69, 9.17) is 15.3 Å². The van der Waals surface area contributed by atoms with E-state index in [1.165, 1.54) is 16.8 Å². The number of nitrogens with zero attached hydrogens (tertiary/aromatic N) is 3. The highest BCUT2D eigenvalue weighted by molar-refractivity contribution is 7.99. The lowest BCUT2D eigenvalue weighted by Crippen LogP contribution is -2.41. The highest BCUT2D eigenvalue weighted by atomic mass is 32.2. The van der Waals surface area contributed by atoms with Crippen molar-refractivity contribution in [2.45, 2.75) is 11.3 Å². The Morgan fingerprint density at radius 2 is 2.07 bits per heavy atom. The number of amides is 1.